The van der Waals surface area contributed by atoms with E-state index in [-0.39, 0.29) is 12.0 Å². The summed E-state index contributed by atoms with van der Waals surface area (Å²) in [4.78, 5) is 46.8. The quantitative estimate of drug-likeness (QED) is 0.387. The SMILES string of the molecule is CCOC(=O)c1c(NC(=O)C(C)OC(=O)c2ccc(-c3ncc[nH]3)cc2)sc2c1CCC(C(C)(C)C)C2. The molecule has 2 heterocycles. The molecule has 0 aliphatic heterocycles. The Hall–Kier alpha value is -3.46. The molecule has 0 radical (unpaired) electrons. The Morgan fingerprint density at radius 3 is 2.54 bits per heavy atom. The fourth-order valence-electron chi connectivity index (χ4n) is 4.52. The van der Waals surface area contributed by atoms with Gasteiger partial charge in [0, 0.05) is 22.8 Å². The van der Waals surface area contributed by atoms with Crippen LogP contribution in [-0.2, 0) is 27.1 Å². The van der Waals surface area contributed by atoms with Crippen LogP contribution in [0.1, 0.15) is 72.2 Å². The number of ether oxygens (including phenoxy) is 2. The molecule has 9 heteroatoms. The molecule has 0 saturated heterocycles. The first-order chi connectivity index (χ1) is 17.6. The van der Waals surface area contributed by atoms with Crippen molar-refractivity contribution in [3.8, 4) is 11.4 Å². The summed E-state index contributed by atoms with van der Waals surface area (Å²) in [5.41, 5.74) is 2.68. The summed E-state index contributed by atoms with van der Waals surface area (Å²) in [5.74, 6) is -0.380. The Balaban J connectivity index is 1.47. The van der Waals surface area contributed by atoms with E-state index in [1.54, 1.807) is 43.6 Å². The van der Waals surface area contributed by atoms with Crippen molar-refractivity contribution in [1.82, 2.24) is 9.97 Å². The van der Waals surface area contributed by atoms with Crippen molar-refractivity contribution in [3.05, 3.63) is 58.2 Å². The number of carbonyl (C=O) groups is 3. The molecule has 4 rings (SSSR count). The second-order valence-electron chi connectivity index (χ2n) is 10.3. The van der Waals surface area contributed by atoms with E-state index >= 15 is 0 Å². The van der Waals surface area contributed by atoms with Crippen LogP contribution in [0.4, 0.5) is 5.00 Å². The van der Waals surface area contributed by atoms with Gasteiger partial charge in [-0.3, -0.25) is 4.79 Å². The second kappa shape index (κ2) is 10.9. The Bertz CT molecular complexity index is 1270. The van der Waals surface area contributed by atoms with E-state index in [2.05, 4.69) is 36.1 Å². The molecule has 1 aromatic carbocycles. The number of rotatable bonds is 7. The second-order valence-corrected chi connectivity index (χ2v) is 11.4. The van der Waals surface area contributed by atoms with Gasteiger partial charge in [-0.15, -0.1) is 11.3 Å². The molecule has 2 unspecified atom stereocenters. The number of amides is 1. The third-order valence-electron chi connectivity index (χ3n) is 6.75. The van der Waals surface area contributed by atoms with Gasteiger partial charge in [0.05, 0.1) is 17.7 Å². The summed E-state index contributed by atoms with van der Waals surface area (Å²) in [5, 5.41) is 3.29. The number of esters is 2. The van der Waals surface area contributed by atoms with Crippen LogP contribution >= 0.6 is 11.3 Å². The molecule has 2 atom stereocenters. The molecule has 196 valence electrons. The van der Waals surface area contributed by atoms with E-state index in [9.17, 15) is 14.4 Å². The predicted molar refractivity (Wildman–Crippen MR) is 143 cm³/mol. The molecule has 2 N–H and O–H groups in total. The monoisotopic (exact) mass is 523 g/mol. The maximum Gasteiger partial charge on any atom is 0.341 e. The molecule has 2 aromatic heterocycles. The average Bonchev–Trinajstić information content (AvgIpc) is 3.51. The Labute approximate surface area is 220 Å². The van der Waals surface area contributed by atoms with Gasteiger partial charge in [-0.2, -0.15) is 0 Å². The summed E-state index contributed by atoms with van der Waals surface area (Å²) in [6.45, 7) is 10.2. The van der Waals surface area contributed by atoms with E-state index in [1.807, 2.05) is 0 Å². The smallest absolute Gasteiger partial charge is 0.341 e. The number of aromatic amines is 1. The molecule has 0 bridgehead atoms. The summed E-state index contributed by atoms with van der Waals surface area (Å²) in [6.07, 6.45) is 4.89. The van der Waals surface area contributed by atoms with Crippen molar-refractivity contribution in [1.29, 1.82) is 0 Å². The van der Waals surface area contributed by atoms with Crippen molar-refractivity contribution in [2.75, 3.05) is 11.9 Å². The molecule has 37 heavy (non-hydrogen) atoms. The van der Waals surface area contributed by atoms with E-state index < -0.39 is 23.9 Å². The molecule has 0 saturated carbocycles. The minimum absolute atomic E-state index is 0.147. The lowest BCUT2D eigenvalue weighted by Crippen LogP contribution is -2.30. The van der Waals surface area contributed by atoms with Crippen LogP contribution in [0.15, 0.2) is 36.7 Å². The van der Waals surface area contributed by atoms with Crippen LogP contribution in [0.5, 0.6) is 0 Å². The lowest BCUT2D eigenvalue weighted by Gasteiger charge is -2.33. The number of hydrogen-bond donors (Lipinski definition) is 2. The standard InChI is InChI=1S/C28H33N3O5S/c1-6-35-27(34)22-20-12-11-19(28(3,4)5)15-21(20)37-25(22)31-24(32)16(2)36-26(33)18-9-7-17(8-10-18)23-29-13-14-30-23/h7-10,13-14,16,19H,6,11-12,15H2,1-5H3,(H,29,30)(H,31,32). The molecular weight excluding hydrogens is 490 g/mol. The van der Waals surface area contributed by atoms with Crippen LogP contribution in [0.25, 0.3) is 11.4 Å². The Kier molecular flexibility index (Phi) is 7.82. The molecule has 0 spiro atoms. The van der Waals surface area contributed by atoms with Crippen molar-refractivity contribution < 1.29 is 23.9 Å². The zero-order chi connectivity index (χ0) is 26.7. The third-order valence-corrected chi connectivity index (χ3v) is 7.92. The lowest BCUT2D eigenvalue weighted by molar-refractivity contribution is -0.123. The van der Waals surface area contributed by atoms with Gasteiger partial charge in [-0.25, -0.2) is 14.6 Å². The number of aromatic nitrogens is 2. The van der Waals surface area contributed by atoms with Gasteiger partial charge in [-0.1, -0.05) is 32.9 Å². The van der Waals surface area contributed by atoms with E-state index in [0.717, 1.165) is 35.3 Å². The maximum absolute atomic E-state index is 13.0. The highest BCUT2D eigenvalue weighted by Crippen LogP contribution is 2.44. The number of H-pyrrole nitrogens is 1. The number of anilines is 1. The van der Waals surface area contributed by atoms with Crippen LogP contribution in [0, 0.1) is 11.3 Å². The molecule has 1 aliphatic carbocycles. The van der Waals surface area contributed by atoms with Crippen LogP contribution in [0.3, 0.4) is 0 Å². The Morgan fingerprint density at radius 1 is 1.19 bits per heavy atom. The molecule has 0 fully saturated rings. The average molecular weight is 524 g/mol. The zero-order valence-electron chi connectivity index (χ0n) is 21.8. The van der Waals surface area contributed by atoms with Crippen LogP contribution < -0.4 is 5.32 Å². The van der Waals surface area contributed by atoms with Gasteiger partial charge < -0.3 is 19.8 Å². The van der Waals surface area contributed by atoms with Gasteiger partial charge >= 0.3 is 11.9 Å². The molecule has 1 aliphatic rings. The minimum atomic E-state index is -1.06. The topological polar surface area (TPSA) is 110 Å². The highest BCUT2D eigenvalue weighted by molar-refractivity contribution is 7.17. The van der Waals surface area contributed by atoms with Crippen LogP contribution in [0.2, 0.25) is 0 Å². The number of nitrogens with zero attached hydrogens (tertiary/aromatic N) is 1. The van der Waals surface area contributed by atoms with Gasteiger partial charge in [0.15, 0.2) is 6.10 Å². The number of carbonyl (C=O) groups excluding carboxylic acids is 3. The number of benzene rings is 1. The van der Waals surface area contributed by atoms with Crippen molar-refractivity contribution in [2.24, 2.45) is 11.3 Å². The predicted octanol–water partition coefficient (Wildman–Crippen LogP) is 5.65. The fraction of sp³-hybridized carbons (Fsp3) is 0.429. The first-order valence-corrected chi connectivity index (χ1v) is 13.3. The first-order valence-electron chi connectivity index (χ1n) is 12.5. The lowest BCUT2D eigenvalue weighted by atomic mass is 9.72. The molecule has 1 amide bonds. The van der Waals surface area contributed by atoms with Gasteiger partial charge in [0.25, 0.3) is 5.91 Å². The normalized spacial score (nSPS) is 16.0. The number of imidazole rings is 1. The molecular formula is C28H33N3O5S. The number of hydrogen-bond acceptors (Lipinski definition) is 7. The van der Waals surface area contributed by atoms with Crippen molar-refractivity contribution in [2.45, 2.75) is 60.0 Å². The van der Waals surface area contributed by atoms with Crippen molar-refractivity contribution >= 4 is 34.2 Å². The van der Waals surface area contributed by atoms with Gasteiger partial charge in [0.1, 0.15) is 10.8 Å². The summed E-state index contributed by atoms with van der Waals surface area (Å²) >= 11 is 1.42. The Morgan fingerprint density at radius 2 is 1.92 bits per heavy atom. The zero-order valence-corrected chi connectivity index (χ0v) is 22.7. The van der Waals surface area contributed by atoms with E-state index in [1.165, 1.54) is 18.3 Å². The van der Waals surface area contributed by atoms with Gasteiger partial charge in [0.2, 0.25) is 0 Å². The number of thiophene rings is 1. The summed E-state index contributed by atoms with van der Waals surface area (Å²) in [7, 11) is 0. The van der Waals surface area contributed by atoms with Gasteiger partial charge in [-0.05, 0) is 62.1 Å². The molecule has 8 nitrogen and oxygen atoms in total. The number of fused-ring (bicyclic) bond motifs is 1. The largest absolute Gasteiger partial charge is 0.462 e. The first kappa shape index (κ1) is 26.6. The minimum Gasteiger partial charge on any atom is -0.462 e. The van der Waals surface area contributed by atoms with E-state index in [0.29, 0.717) is 27.9 Å². The molecule has 3 aromatic rings. The third kappa shape index (κ3) is 5.93. The summed E-state index contributed by atoms with van der Waals surface area (Å²) < 4.78 is 10.7. The maximum atomic E-state index is 13.0. The highest BCUT2D eigenvalue weighted by Gasteiger charge is 2.35. The summed E-state index contributed by atoms with van der Waals surface area (Å²) in [6, 6.07) is 6.77. The number of nitrogens with one attached hydrogen (secondary N) is 2. The highest BCUT2D eigenvalue weighted by atomic mass is 32.1. The van der Waals surface area contributed by atoms with E-state index in [4.69, 9.17) is 9.47 Å². The van der Waals surface area contributed by atoms with Crippen molar-refractivity contribution in [3.63, 3.8) is 0 Å². The van der Waals surface area contributed by atoms with Crippen LogP contribution in [-0.4, -0.2) is 40.5 Å². The fourth-order valence-corrected chi connectivity index (χ4v) is 5.83.